The molecule has 0 saturated carbocycles. The summed E-state index contributed by atoms with van der Waals surface area (Å²) in [4.78, 5) is 14.2. The van der Waals surface area contributed by atoms with Gasteiger partial charge in [-0.25, -0.2) is 9.78 Å². The first kappa shape index (κ1) is 10.2. The lowest BCUT2D eigenvalue weighted by molar-refractivity contribution is 0.0653. The second-order valence-electron chi connectivity index (χ2n) is 3.05. The zero-order chi connectivity index (χ0) is 11.4. The van der Waals surface area contributed by atoms with E-state index in [1.807, 2.05) is 18.2 Å². The highest BCUT2D eigenvalue weighted by Gasteiger charge is 2.11. The molecule has 0 saturated heterocycles. The summed E-state index contributed by atoms with van der Waals surface area (Å²) in [6, 6.07) is 9.18. The van der Waals surface area contributed by atoms with Gasteiger partial charge in [0.1, 0.15) is 24.3 Å². The van der Waals surface area contributed by atoms with E-state index in [2.05, 4.69) is 4.98 Å². The molecule has 5 heteroatoms. The smallest absolute Gasteiger partial charge is 0.392 e. The van der Waals surface area contributed by atoms with Crippen LogP contribution in [0.4, 0.5) is 0 Å². The van der Waals surface area contributed by atoms with E-state index in [1.165, 1.54) is 6.26 Å². The average molecular weight is 219 g/mol. The molecule has 82 valence electrons. The molecule has 1 aromatic heterocycles. The molecule has 1 N–H and O–H groups in total. The monoisotopic (exact) mass is 219 g/mol. The number of ether oxygens (including phenoxy) is 1. The Morgan fingerprint density at radius 1 is 1.38 bits per heavy atom. The number of benzene rings is 1. The molecule has 16 heavy (non-hydrogen) atoms. The van der Waals surface area contributed by atoms with Crippen molar-refractivity contribution in [3.63, 3.8) is 0 Å². The minimum absolute atomic E-state index is 0.181. The van der Waals surface area contributed by atoms with E-state index in [-0.39, 0.29) is 12.5 Å². The van der Waals surface area contributed by atoms with Crippen LogP contribution in [0.5, 0.6) is 5.75 Å². The zero-order valence-corrected chi connectivity index (χ0v) is 8.29. The molecular formula is C11H9NO4. The molecule has 2 aromatic rings. The molecule has 1 aromatic carbocycles. The number of carboxylic acids is 1. The van der Waals surface area contributed by atoms with Crippen LogP contribution in [-0.2, 0) is 6.61 Å². The van der Waals surface area contributed by atoms with Crippen molar-refractivity contribution >= 4 is 5.97 Å². The summed E-state index contributed by atoms with van der Waals surface area (Å²) in [6.07, 6.45) is 1.27. The van der Waals surface area contributed by atoms with Crippen LogP contribution in [0.1, 0.15) is 16.4 Å². The third-order valence-corrected chi connectivity index (χ3v) is 1.86. The predicted octanol–water partition coefficient (Wildman–Crippen LogP) is 1.95. The van der Waals surface area contributed by atoms with Gasteiger partial charge >= 0.3 is 11.9 Å². The maximum Gasteiger partial charge on any atom is 0.392 e. The van der Waals surface area contributed by atoms with Crippen LogP contribution in [0.2, 0.25) is 0 Å². The summed E-state index contributed by atoms with van der Waals surface area (Å²) < 4.78 is 10.1. The summed E-state index contributed by atoms with van der Waals surface area (Å²) >= 11 is 0. The van der Waals surface area contributed by atoms with E-state index in [4.69, 9.17) is 14.3 Å². The largest absolute Gasteiger partial charge is 0.487 e. The SMILES string of the molecule is O=C(O)c1nc(COc2ccccc2)co1. The Hall–Kier alpha value is -2.30. The summed E-state index contributed by atoms with van der Waals surface area (Å²) in [5, 5.41) is 8.59. The Morgan fingerprint density at radius 2 is 2.12 bits per heavy atom. The lowest BCUT2D eigenvalue weighted by Gasteiger charge is -2.01. The topological polar surface area (TPSA) is 72.6 Å². The van der Waals surface area contributed by atoms with Crippen molar-refractivity contribution in [2.75, 3.05) is 0 Å². The van der Waals surface area contributed by atoms with Gasteiger partial charge in [0.15, 0.2) is 0 Å². The Morgan fingerprint density at radius 3 is 2.75 bits per heavy atom. The van der Waals surface area contributed by atoms with Crippen LogP contribution in [0.25, 0.3) is 0 Å². The van der Waals surface area contributed by atoms with E-state index in [0.29, 0.717) is 11.4 Å². The second kappa shape index (κ2) is 4.48. The van der Waals surface area contributed by atoms with Crippen molar-refractivity contribution in [3.8, 4) is 5.75 Å². The van der Waals surface area contributed by atoms with Crippen molar-refractivity contribution < 1.29 is 19.1 Å². The second-order valence-corrected chi connectivity index (χ2v) is 3.05. The predicted molar refractivity (Wildman–Crippen MR) is 54.2 cm³/mol. The van der Waals surface area contributed by atoms with Crippen LogP contribution in [0.15, 0.2) is 41.0 Å². The fourth-order valence-electron chi connectivity index (χ4n) is 1.15. The van der Waals surface area contributed by atoms with Gasteiger partial charge in [-0.05, 0) is 12.1 Å². The van der Waals surface area contributed by atoms with E-state index in [1.54, 1.807) is 12.1 Å². The Kier molecular flexibility index (Phi) is 2.86. The normalized spacial score (nSPS) is 10.0. The summed E-state index contributed by atoms with van der Waals surface area (Å²) in [5.74, 6) is -0.819. The highest BCUT2D eigenvalue weighted by Crippen LogP contribution is 2.11. The van der Waals surface area contributed by atoms with Gasteiger partial charge in [-0.15, -0.1) is 0 Å². The first-order chi connectivity index (χ1) is 7.75. The number of oxazole rings is 1. The van der Waals surface area contributed by atoms with E-state index in [9.17, 15) is 4.79 Å². The van der Waals surface area contributed by atoms with Gasteiger partial charge in [0, 0.05) is 0 Å². The van der Waals surface area contributed by atoms with Crippen LogP contribution in [-0.4, -0.2) is 16.1 Å². The number of hydrogen-bond acceptors (Lipinski definition) is 4. The van der Waals surface area contributed by atoms with Gasteiger partial charge in [-0.1, -0.05) is 18.2 Å². The maximum absolute atomic E-state index is 10.5. The highest BCUT2D eigenvalue weighted by molar-refractivity contribution is 5.82. The highest BCUT2D eigenvalue weighted by atomic mass is 16.5. The Balaban J connectivity index is 1.97. The quantitative estimate of drug-likeness (QED) is 0.850. The first-order valence-corrected chi connectivity index (χ1v) is 4.61. The van der Waals surface area contributed by atoms with Gasteiger partial charge in [0.05, 0.1) is 0 Å². The van der Waals surface area contributed by atoms with Crippen molar-refractivity contribution in [3.05, 3.63) is 48.2 Å². The molecule has 0 unspecified atom stereocenters. The number of rotatable bonds is 4. The number of para-hydroxylation sites is 1. The number of nitrogens with zero attached hydrogens (tertiary/aromatic N) is 1. The van der Waals surface area contributed by atoms with Crippen molar-refractivity contribution in [2.24, 2.45) is 0 Å². The van der Waals surface area contributed by atoms with Gasteiger partial charge in [0.2, 0.25) is 0 Å². The molecular weight excluding hydrogens is 210 g/mol. The third kappa shape index (κ3) is 2.38. The number of aromatic carboxylic acids is 1. The third-order valence-electron chi connectivity index (χ3n) is 1.86. The molecule has 0 atom stereocenters. The molecule has 0 aliphatic carbocycles. The standard InChI is InChI=1S/C11H9NO4/c13-11(14)10-12-8(7-16-10)6-15-9-4-2-1-3-5-9/h1-5,7H,6H2,(H,13,14). The fourth-order valence-corrected chi connectivity index (χ4v) is 1.15. The van der Waals surface area contributed by atoms with Gasteiger partial charge in [0.25, 0.3) is 0 Å². The number of aromatic nitrogens is 1. The van der Waals surface area contributed by atoms with E-state index >= 15 is 0 Å². The summed E-state index contributed by atoms with van der Waals surface area (Å²) in [5.41, 5.74) is 0.446. The minimum Gasteiger partial charge on any atom is -0.487 e. The van der Waals surface area contributed by atoms with Crippen molar-refractivity contribution in [1.82, 2.24) is 4.98 Å². The van der Waals surface area contributed by atoms with Crippen LogP contribution in [0, 0.1) is 0 Å². The minimum atomic E-state index is -1.19. The van der Waals surface area contributed by atoms with Crippen molar-refractivity contribution in [1.29, 1.82) is 0 Å². The lowest BCUT2D eigenvalue weighted by Crippen LogP contribution is -1.99. The molecule has 0 fully saturated rings. The molecule has 0 aliphatic heterocycles. The molecule has 0 radical (unpaired) electrons. The molecule has 0 amide bonds. The molecule has 0 spiro atoms. The van der Waals surface area contributed by atoms with E-state index < -0.39 is 5.97 Å². The fraction of sp³-hybridized carbons (Fsp3) is 0.0909. The Labute approximate surface area is 91.3 Å². The van der Waals surface area contributed by atoms with Crippen LogP contribution < -0.4 is 4.74 Å². The van der Waals surface area contributed by atoms with Gasteiger partial charge in [-0.3, -0.25) is 0 Å². The lowest BCUT2D eigenvalue weighted by atomic mass is 10.3. The van der Waals surface area contributed by atoms with Gasteiger partial charge in [-0.2, -0.15) is 0 Å². The molecule has 0 bridgehead atoms. The van der Waals surface area contributed by atoms with Crippen LogP contribution >= 0.6 is 0 Å². The molecule has 1 heterocycles. The van der Waals surface area contributed by atoms with Crippen molar-refractivity contribution in [2.45, 2.75) is 6.61 Å². The van der Waals surface area contributed by atoms with Gasteiger partial charge < -0.3 is 14.3 Å². The maximum atomic E-state index is 10.5. The summed E-state index contributed by atoms with van der Waals surface area (Å²) in [6.45, 7) is 0.181. The number of carbonyl (C=O) groups is 1. The van der Waals surface area contributed by atoms with Crippen LogP contribution in [0.3, 0.4) is 0 Å². The zero-order valence-electron chi connectivity index (χ0n) is 8.29. The number of hydrogen-bond donors (Lipinski definition) is 1. The first-order valence-electron chi connectivity index (χ1n) is 4.61. The summed E-state index contributed by atoms with van der Waals surface area (Å²) in [7, 11) is 0. The average Bonchev–Trinajstić information content (AvgIpc) is 2.76. The Bertz CT molecular complexity index is 478. The number of carboxylic acid groups (broad SMARTS) is 1. The van der Waals surface area contributed by atoms with E-state index in [0.717, 1.165) is 0 Å². The molecule has 0 aliphatic rings. The molecule has 2 rings (SSSR count). The molecule has 5 nitrogen and oxygen atoms in total.